The van der Waals surface area contributed by atoms with Crippen molar-refractivity contribution < 1.29 is 4.42 Å². The first-order chi connectivity index (χ1) is 27.3. The third-order valence-corrected chi connectivity index (χ3v) is 10.7. The van der Waals surface area contributed by atoms with Crippen LogP contribution in [0.3, 0.4) is 0 Å². The van der Waals surface area contributed by atoms with Crippen LogP contribution in [0, 0.1) is 0 Å². The van der Waals surface area contributed by atoms with Gasteiger partial charge in [0.25, 0.3) is 0 Å². The van der Waals surface area contributed by atoms with E-state index in [0.717, 1.165) is 77.0 Å². The topological polar surface area (TPSA) is 51.8 Å². The average Bonchev–Trinajstić information content (AvgIpc) is 3.65. The van der Waals surface area contributed by atoms with E-state index in [1.807, 2.05) is 24.3 Å². The van der Waals surface area contributed by atoms with E-state index in [1.165, 1.54) is 16.2 Å². The van der Waals surface area contributed by atoms with Crippen molar-refractivity contribution >= 4 is 54.3 Å². The molecule has 0 unspecified atom stereocenters. The Morgan fingerprint density at radius 1 is 0.309 bits per heavy atom. The molecule has 0 aliphatic carbocycles. The first kappa shape index (κ1) is 31.1. The first-order valence-corrected chi connectivity index (χ1v) is 18.5. The molecule has 11 rings (SSSR count). The maximum atomic E-state index is 6.27. The van der Waals surface area contributed by atoms with Crippen LogP contribution in [0.2, 0.25) is 0 Å². The lowest BCUT2D eigenvalue weighted by Gasteiger charge is -2.16. The molecule has 0 aliphatic heterocycles. The lowest BCUT2D eigenvalue weighted by molar-refractivity contribution is 0.669. The fourth-order valence-electron chi connectivity index (χ4n) is 8.19. The average molecular weight is 702 g/mol. The maximum Gasteiger partial charge on any atom is 0.165 e. The first-order valence-electron chi connectivity index (χ1n) is 18.5. The Morgan fingerprint density at radius 2 is 0.927 bits per heavy atom. The predicted molar refractivity (Wildman–Crippen MR) is 227 cm³/mol. The van der Waals surface area contributed by atoms with Gasteiger partial charge >= 0.3 is 0 Å². The second-order valence-electron chi connectivity index (χ2n) is 13.9. The molecule has 0 N–H and O–H groups in total. The molecular weight excluding hydrogens is 671 g/mol. The summed E-state index contributed by atoms with van der Waals surface area (Å²) in [6.45, 7) is 0. The Kier molecular flexibility index (Phi) is 7.14. The van der Waals surface area contributed by atoms with Gasteiger partial charge in [-0.2, -0.15) is 0 Å². The van der Waals surface area contributed by atoms with Crippen molar-refractivity contribution in [3.63, 3.8) is 0 Å². The van der Waals surface area contributed by atoms with E-state index in [-0.39, 0.29) is 0 Å². The minimum absolute atomic E-state index is 0.607. The SMILES string of the molecule is c1ccc(-c2ccccc2-c2nc(-c3cccc(-c4cccc5oc6ccccc6c45)c3)nc(-c3c4ccccc4cc4c3ccc3ccccc34)n2)cc1. The fraction of sp³-hybridized carbons (Fsp3) is 0. The molecule has 256 valence electrons. The number of nitrogens with zero attached hydrogens (tertiary/aromatic N) is 3. The Bertz CT molecular complexity index is 3270. The van der Waals surface area contributed by atoms with E-state index in [4.69, 9.17) is 19.4 Å². The van der Waals surface area contributed by atoms with Gasteiger partial charge in [-0.3, -0.25) is 0 Å². The third-order valence-electron chi connectivity index (χ3n) is 10.7. The molecule has 55 heavy (non-hydrogen) atoms. The van der Waals surface area contributed by atoms with Crippen molar-refractivity contribution in [1.29, 1.82) is 0 Å². The summed E-state index contributed by atoms with van der Waals surface area (Å²) >= 11 is 0. The smallest absolute Gasteiger partial charge is 0.165 e. The summed E-state index contributed by atoms with van der Waals surface area (Å²) in [6, 6.07) is 65.7. The normalized spacial score (nSPS) is 11.6. The van der Waals surface area contributed by atoms with Crippen molar-refractivity contribution in [1.82, 2.24) is 15.0 Å². The molecule has 0 aliphatic rings. The van der Waals surface area contributed by atoms with Gasteiger partial charge in [0.2, 0.25) is 0 Å². The summed E-state index contributed by atoms with van der Waals surface area (Å²) < 4.78 is 6.27. The highest BCUT2D eigenvalue weighted by Crippen LogP contribution is 2.41. The van der Waals surface area contributed by atoms with E-state index < -0.39 is 0 Å². The number of benzene rings is 9. The number of hydrogen-bond donors (Lipinski definition) is 0. The molecule has 0 saturated carbocycles. The molecule has 0 bridgehead atoms. The number of para-hydroxylation sites is 1. The van der Waals surface area contributed by atoms with Crippen molar-refractivity contribution in [2.45, 2.75) is 0 Å². The zero-order chi connectivity index (χ0) is 36.3. The van der Waals surface area contributed by atoms with Crippen LogP contribution in [0.1, 0.15) is 0 Å². The zero-order valence-corrected chi connectivity index (χ0v) is 29.6. The zero-order valence-electron chi connectivity index (χ0n) is 29.6. The van der Waals surface area contributed by atoms with Gasteiger partial charge < -0.3 is 4.42 Å². The number of aromatic nitrogens is 3. The molecule has 9 aromatic carbocycles. The van der Waals surface area contributed by atoms with Crippen LogP contribution in [0.25, 0.3) is 111 Å². The molecule has 0 radical (unpaired) electrons. The molecule has 0 saturated heterocycles. The quantitative estimate of drug-likeness (QED) is 0.132. The van der Waals surface area contributed by atoms with E-state index in [0.29, 0.717) is 17.5 Å². The molecule has 2 heterocycles. The maximum absolute atomic E-state index is 6.27. The third kappa shape index (κ3) is 5.19. The van der Waals surface area contributed by atoms with Gasteiger partial charge in [0.1, 0.15) is 11.2 Å². The van der Waals surface area contributed by atoms with Crippen LogP contribution < -0.4 is 0 Å². The van der Waals surface area contributed by atoms with Crippen LogP contribution >= 0.6 is 0 Å². The monoisotopic (exact) mass is 701 g/mol. The van der Waals surface area contributed by atoms with Crippen LogP contribution in [0.15, 0.2) is 192 Å². The molecule has 0 spiro atoms. The highest BCUT2D eigenvalue weighted by molar-refractivity contribution is 6.19. The summed E-state index contributed by atoms with van der Waals surface area (Å²) in [5.41, 5.74) is 8.90. The van der Waals surface area contributed by atoms with E-state index in [2.05, 4.69) is 164 Å². The number of furan rings is 1. The second kappa shape index (κ2) is 12.6. The number of fused-ring (bicyclic) bond motifs is 7. The molecule has 0 fully saturated rings. The van der Waals surface area contributed by atoms with Crippen LogP contribution in [0.4, 0.5) is 0 Å². The van der Waals surface area contributed by atoms with Crippen molar-refractivity contribution in [2.75, 3.05) is 0 Å². The molecule has 11 aromatic rings. The largest absolute Gasteiger partial charge is 0.456 e. The number of hydrogen-bond acceptors (Lipinski definition) is 4. The van der Waals surface area contributed by atoms with Gasteiger partial charge in [-0.25, -0.2) is 15.0 Å². The lowest BCUT2D eigenvalue weighted by atomic mass is 9.93. The summed E-state index contributed by atoms with van der Waals surface area (Å²) in [4.78, 5) is 16.1. The Morgan fingerprint density at radius 3 is 1.82 bits per heavy atom. The summed E-state index contributed by atoms with van der Waals surface area (Å²) in [5, 5.41) is 9.09. The second-order valence-corrected chi connectivity index (χ2v) is 13.9. The number of rotatable bonds is 5. The summed E-state index contributed by atoms with van der Waals surface area (Å²) in [7, 11) is 0. The van der Waals surface area contributed by atoms with Gasteiger partial charge in [-0.05, 0) is 78.8 Å². The molecule has 0 amide bonds. The highest BCUT2D eigenvalue weighted by Gasteiger charge is 2.20. The minimum Gasteiger partial charge on any atom is -0.456 e. The van der Waals surface area contributed by atoms with Crippen molar-refractivity contribution in [3.05, 3.63) is 188 Å². The van der Waals surface area contributed by atoms with Gasteiger partial charge in [0, 0.05) is 27.5 Å². The predicted octanol–water partition coefficient (Wildman–Crippen LogP) is 13.6. The van der Waals surface area contributed by atoms with Gasteiger partial charge in [0.05, 0.1) is 0 Å². The summed E-state index contributed by atoms with van der Waals surface area (Å²) in [5.74, 6) is 1.86. The molecule has 2 aromatic heterocycles. The lowest BCUT2D eigenvalue weighted by Crippen LogP contribution is -2.02. The van der Waals surface area contributed by atoms with Crippen LogP contribution in [0.5, 0.6) is 0 Å². The van der Waals surface area contributed by atoms with Gasteiger partial charge in [-0.1, -0.05) is 164 Å². The Labute approximate surface area is 317 Å². The van der Waals surface area contributed by atoms with Crippen LogP contribution in [-0.4, -0.2) is 15.0 Å². The molecule has 0 atom stereocenters. The van der Waals surface area contributed by atoms with E-state index in [1.54, 1.807) is 0 Å². The van der Waals surface area contributed by atoms with Crippen molar-refractivity contribution in [2.24, 2.45) is 0 Å². The van der Waals surface area contributed by atoms with E-state index >= 15 is 0 Å². The fourth-order valence-corrected chi connectivity index (χ4v) is 8.19. The van der Waals surface area contributed by atoms with Gasteiger partial charge in [-0.15, -0.1) is 0 Å². The highest BCUT2D eigenvalue weighted by atomic mass is 16.3. The van der Waals surface area contributed by atoms with E-state index in [9.17, 15) is 0 Å². The Hall–Kier alpha value is -7.43. The van der Waals surface area contributed by atoms with Gasteiger partial charge in [0.15, 0.2) is 17.5 Å². The van der Waals surface area contributed by atoms with Crippen molar-refractivity contribution in [3.8, 4) is 56.4 Å². The Balaban J connectivity index is 1.19. The molecular formula is C51H31N3O. The summed E-state index contributed by atoms with van der Waals surface area (Å²) in [6.07, 6.45) is 0. The molecule has 4 nitrogen and oxygen atoms in total. The molecule has 4 heteroatoms. The standard InChI is InChI=1S/C51H31N3O/c1-2-14-32(15-3-1)37-20-8-9-23-42(37)50-52-49(36-19-12-18-34(30-36)39-25-13-27-46-47(39)43-24-10-11-26-45(43)55-46)53-51(54-50)48-40-22-7-5-17-35(40)31-44-38-21-6-4-16-33(38)28-29-41(44)48/h1-31H. The van der Waals surface area contributed by atoms with Crippen LogP contribution in [-0.2, 0) is 0 Å². The minimum atomic E-state index is 0.607.